The van der Waals surface area contributed by atoms with Crippen molar-refractivity contribution in [2.75, 3.05) is 0 Å². The van der Waals surface area contributed by atoms with Crippen LogP contribution in [0.2, 0.25) is 0 Å². The van der Waals surface area contributed by atoms with E-state index in [0.29, 0.717) is 10.3 Å². The van der Waals surface area contributed by atoms with E-state index >= 15 is 0 Å². The van der Waals surface area contributed by atoms with Crippen LogP contribution in [-0.2, 0) is 0 Å². The standard InChI is InChI=1S/C19H15N3OS/c1-12-7-5-6-10-15(12)22-18(23)17-16(21-19(22)24)14(11-20-17)13-8-3-2-4-9-13/h2-11,20H,1H3,(H,21,24). The summed E-state index contributed by atoms with van der Waals surface area (Å²) in [5, 5.41) is 0. The maximum absolute atomic E-state index is 13.0. The SMILES string of the molecule is Cc1ccccc1-n1c(=S)[nH]c2c(-c3ccccc3)c[nH]c2c1=O. The first-order valence-electron chi connectivity index (χ1n) is 7.64. The van der Waals surface area contributed by atoms with Gasteiger partial charge in [-0.15, -0.1) is 0 Å². The van der Waals surface area contributed by atoms with E-state index in [9.17, 15) is 4.79 Å². The van der Waals surface area contributed by atoms with Crippen LogP contribution in [0, 0.1) is 11.7 Å². The first kappa shape index (κ1) is 14.7. The van der Waals surface area contributed by atoms with Gasteiger partial charge in [0.2, 0.25) is 0 Å². The van der Waals surface area contributed by atoms with Crippen LogP contribution in [0.25, 0.3) is 27.8 Å². The molecule has 0 unspecified atom stereocenters. The summed E-state index contributed by atoms with van der Waals surface area (Å²) in [7, 11) is 0. The summed E-state index contributed by atoms with van der Waals surface area (Å²) in [6, 6.07) is 17.6. The van der Waals surface area contributed by atoms with E-state index in [-0.39, 0.29) is 5.56 Å². The van der Waals surface area contributed by atoms with Gasteiger partial charge in [-0.3, -0.25) is 9.36 Å². The Labute approximate surface area is 143 Å². The fourth-order valence-corrected chi connectivity index (χ4v) is 3.25. The molecule has 118 valence electrons. The summed E-state index contributed by atoms with van der Waals surface area (Å²) in [6.07, 6.45) is 1.84. The van der Waals surface area contributed by atoms with Gasteiger partial charge in [0.1, 0.15) is 5.52 Å². The van der Waals surface area contributed by atoms with Gasteiger partial charge in [-0.2, -0.15) is 0 Å². The van der Waals surface area contributed by atoms with E-state index in [1.807, 2.05) is 67.7 Å². The molecule has 0 aliphatic heterocycles. The zero-order valence-electron chi connectivity index (χ0n) is 13.0. The predicted molar refractivity (Wildman–Crippen MR) is 99.3 cm³/mol. The van der Waals surface area contributed by atoms with Crippen molar-refractivity contribution in [2.24, 2.45) is 0 Å². The second kappa shape index (κ2) is 5.62. The third kappa shape index (κ3) is 2.21. The fraction of sp³-hybridized carbons (Fsp3) is 0.0526. The molecule has 0 saturated carbocycles. The zero-order valence-corrected chi connectivity index (χ0v) is 13.9. The number of aryl methyl sites for hydroxylation is 1. The van der Waals surface area contributed by atoms with E-state index in [0.717, 1.165) is 27.9 Å². The van der Waals surface area contributed by atoms with Gasteiger partial charge in [-0.25, -0.2) is 0 Å². The molecule has 0 fully saturated rings. The molecule has 4 rings (SSSR count). The Balaban J connectivity index is 2.04. The highest BCUT2D eigenvalue weighted by Gasteiger charge is 2.14. The molecule has 4 nitrogen and oxygen atoms in total. The Kier molecular flexibility index (Phi) is 3.43. The number of benzene rings is 2. The summed E-state index contributed by atoms with van der Waals surface area (Å²) in [5.74, 6) is 0. The van der Waals surface area contributed by atoms with Crippen molar-refractivity contribution < 1.29 is 0 Å². The fourth-order valence-electron chi connectivity index (χ4n) is 2.97. The molecule has 2 aromatic carbocycles. The van der Waals surface area contributed by atoms with Gasteiger partial charge >= 0.3 is 0 Å². The summed E-state index contributed by atoms with van der Waals surface area (Å²) in [5.41, 5.74) is 4.86. The Morgan fingerprint density at radius 3 is 2.42 bits per heavy atom. The summed E-state index contributed by atoms with van der Waals surface area (Å²) < 4.78 is 1.93. The zero-order chi connectivity index (χ0) is 16.7. The molecule has 0 radical (unpaired) electrons. The van der Waals surface area contributed by atoms with Crippen molar-refractivity contribution in [3.8, 4) is 16.8 Å². The van der Waals surface area contributed by atoms with Gasteiger partial charge in [0, 0.05) is 11.8 Å². The van der Waals surface area contributed by atoms with Crippen LogP contribution in [0.5, 0.6) is 0 Å². The average Bonchev–Trinajstić information content (AvgIpc) is 3.01. The largest absolute Gasteiger partial charge is 0.355 e. The number of para-hydroxylation sites is 1. The average molecular weight is 333 g/mol. The topological polar surface area (TPSA) is 53.6 Å². The molecule has 24 heavy (non-hydrogen) atoms. The molecule has 2 heterocycles. The Bertz CT molecular complexity index is 1150. The van der Waals surface area contributed by atoms with Gasteiger partial charge in [-0.1, -0.05) is 48.5 Å². The van der Waals surface area contributed by atoms with Crippen molar-refractivity contribution in [1.82, 2.24) is 14.5 Å². The van der Waals surface area contributed by atoms with Crippen LogP contribution >= 0.6 is 12.2 Å². The Morgan fingerprint density at radius 1 is 0.958 bits per heavy atom. The van der Waals surface area contributed by atoms with Crippen LogP contribution in [0.3, 0.4) is 0 Å². The predicted octanol–water partition coefficient (Wildman–Crippen LogP) is 4.35. The lowest BCUT2D eigenvalue weighted by molar-refractivity contribution is 0.928. The number of hydrogen-bond acceptors (Lipinski definition) is 2. The number of hydrogen-bond donors (Lipinski definition) is 2. The van der Waals surface area contributed by atoms with Crippen molar-refractivity contribution in [3.63, 3.8) is 0 Å². The molecule has 0 aliphatic carbocycles. The van der Waals surface area contributed by atoms with Gasteiger partial charge in [0.05, 0.1) is 11.2 Å². The van der Waals surface area contributed by atoms with Gasteiger partial charge in [-0.05, 0) is 36.3 Å². The number of aromatic nitrogens is 3. The van der Waals surface area contributed by atoms with Crippen molar-refractivity contribution in [3.05, 3.63) is 81.5 Å². The van der Waals surface area contributed by atoms with E-state index in [1.165, 1.54) is 4.57 Å². The molecule has 0 aliphatic rings. The first-order chi connectivity index (χ1) is 11.7. The molecular formula is C19H15N3OS. The van der Waals surface area contributed by atoms with Crippen molar-refractivity contribution in [1.29, 1.82) is 0 Å². The minimum atomic E-state index is -0.148. The monoisotopic (exact) mass is 333 g/mol. The molecule has 0 saturated heterocycles. The van der Waals surface area contributed by atoms with E-state index in [2.05, 4.69) is 9.97 Å². The normalized spacial score (nSPS) is 11.0. The third-order valence-electron chi connectivity index (χ3n) is 4.17. The lowest BCUT2D eigenvalue weighted by Crippen LogP contribution is -2.21. The third-order valence-corrected chi connectivity index (χ3v) is 4.46. The summed E-state index contributed by atoms with van der Waals surface area (Å²) in [4.78, 5) is 19.3. The molecule has 0 spiro atoms. The van der Waals surface area contributed by atoms with Gasteiger partial charge in [0.25, 0.3) is 5.56 Å². The van der Waals surface area contributed by atoms with Crippen molar-refractivity contribution >= 4 is 23.3 Å². The quantitative estimate of drug-likeness (QED) is 0.536. The Hall–Kier alpha value is -2.92. The van der Waals surface area contributed by atoms with Crippen LogP contribution in [0.15, 0.2) is 65.6 Å². The number of nitrogens with one attached hydrogen (secondary N) is 2. The molecule has 0 bridgehead atoms. The number of nitrogens with zero attached hydrogens (tertiary/aromatic N) is 1. The van der Waals surface area contributed by atoms with E-state index in [1.54, 1.807) is 0 Å². The number of H-pyrrole nitrogens is 2. The summed E-state index contributed by atoms with van der Waals surface area (Å²) >= 11 is 5.48. The van der Waals surface area contributed by atoms with E-state index < -0.39 is 0 Å². The molecular weight excluding hydrogens is 318 g/mol. The van der Waals surface area contributed by atoms with Gasteiger partial charge in [0.15, 0.2) is 4.77 Å². The minimum absolute atomic E-state index is 0.148. The highest BCUT2D eigenvalue weighted by Crippen LogP contribution is 2.25. The number of fused-ring (bicyclic) bond motifs is 1. The van der Waals surface area contributed by atoms with Crippen LogP contribution < -0.4 is 5.56 Å². The maximum atomic E-state index is 13.0. The second-order valence-corrected chi connectivity index (χ2v) is 6.06. The van der Waals surface area contributed by atoms with Crippen molar-refractivity contribution in [2.45, 2.75) is 6.92 Å². The highest BCUT2D eigenvalue weighted by atomic mass is 32.1. The molecule has 2 N–H and O–H groups in total. The molecule has 5 heteroatoms. The van der Waals surface area contributed by atoms with E-state index in [4.69, 9.17) is 12.2 Å². The van der Waals surface area contributed by atoms with Crippen LogP contribution in [0.1, 0.15) is 5.56 Å². The lowest BCUT2D eigenvalue weighted by atomic mass is 10.1. The number of aromatic amines is 2. The van der Waals surface area contributed by atoms with Gasteiger partial charge < -0.3 is 9.97 Å². The van der Waals surface area contributed by atoms with Crippen LogP contribution in [-0.4, -0.2) is 14.5 Å². The molecule has 0 amide bonds. The molecule has 4 aromatic rings. The summed E-state index contributed by atoms with van der Waals surface area (Å²) in [6.45, 7) is 1.96. The molecule has 2 aromatic heterocycles. The molecule has 0 atom stereocenters. The first-order valence-corrected chi connectivity index (χ1v) is 8.05. The Morgan fingerprint density at radius 2 is 1.67 bits per heavy atom. The smallest absolute Gasteiger partial charge is 0.283 e. The number of rotatable bonds is 2. The second-order valence-electron chi connectivity index (χ2n) is 5.68. The minimum Gasteiger partial charge on any atom is -0.355 e. The maximum Gasteiger partial charge on any atom is 0.283 e. The highest BCUT2D eigenvalue weighted by molar-refractivity contribution is 7.71. The lowest BCUT2D eigenvalue weighted by Gasteiger charge is -2.09. The van der Waals surface area contributed by atoms with Crippen LogP contribution in [0.4, 0.5) is 0 Å².